The SMILES string of the molecule is c1cnc2cc(OCc3cccn4c(C56CC7CC(CC(C7)C5)C6)nnc34)ccc2c1. The third kappa shape index (κ3) is 2.79. The Kier molecular flexibility index (Phi) is 3.72. The predicted octanol–water partition coefficient (Wildman–Crippen LogP) is 5.32. The average molecular weight is 411 g/mol. The molecule has 5 nitrogen and oxygen atoms in total. The largest absolute Gasteiger partial charge is 0.489 e. The first-order chi connectivity index (χ1) is 15.3. The van der Waals surface area contributed by atoms with Gasteiger partial charge in [-0.3, -0.25) is 9.38 Å². The summed E-state index contributed by atoms with van der Waals surface area (Å²) in [5, 5.41) is 10.6. The smallest absolute Gasteiger partial charge is 0.167 e. The van der Waals surface area contributed by atoms with E-state index in [2.05, 4.69) is 44.9 Å². The lowest BCUT2D eigenvalue weighted by atomic mass is 9.49. The van der Waals surface area contributed by atoms with Crippen LogP contribution in [0.1, 0.15) is 49.9 Å². The lowest BCUT2D eigenvalue weighted by Gasteiger charge is -2.55. The topological polar surface area (TPSA) is 52.3 Å². The Hall–Kier alpha value is -2.95. The molecule has 1 aromatic carbocycles. The molecular formula is C26H26N4O. The molecule has 3 aromatic heterocycles. The molecule has 3 heterocycles. The first-order valence-electron chi connectivity index (χ1n) is 11.6. The second kappa shape index (κ2) is 6.52. The van der Waals surface area contributed by atoms with Crippen molar-refractivity contribution in [1.82, 2.24) is 19.6 Å². The minimum Gasteiger partial charge on any atom is -0.489 e. The summed E-state index contributed by atoms with van der Waals surface area (Å²) in [7, 11) is 0. The maximum absolute atomic E-state index is 6.15. The molecule has 4 bridgehead atoms. The fourth-order valence-electron chi connectivity index (χ4n) is 7.13. The predicted molar refractivity (Wildman–Crippen MR) is 119 cm³/mol. The summed E-state index contributed by atoms with van der Waals surface area (Å²) in [5.41, 5.74) is 3.20. The molecule has 5 heteroatoms. The lowest BCUT2D eigenvalue weighted by Crippen LogP contribution is -2.49. The van der Waals surface area contributed by atoms with E-state index in [0.717, 1.165) is 45.6 Å². The Morgan fingerprint density at radius 3 is 2.55 bits per heavy atom. The number of hydrogen-bond donors (Lipinski definition) is 0. The molecule has 4 aromatic rings. The van der Waals surface area contributed by atoms with Crippen LogP contribution in [-0.2, 0) is 12.0 Å². The van der Waals surface area contributed by atoms with Crippen LogP contribution >= 0.6 is 0 Å². The van der Waals surface area contributed by atoms with Crippen LogP contribution in [0.2, 0.25) is 0 Å². The van der Waals surface area contributed by atoms with Crippen LogP contribution in [0.5, 0.6) is 5.75 Å². The molecule has 0 unspecified atom stereocenters. The number of hydrogen-bond acceptors (Lipinski definition) is 4. The standard InChI is InChI=1S/C26H26N4O/c1-3-20-5-6-22(12-23(20)27-7-1)31-16-21-4-2-8-30-24(21)28-29-25(30)26-13-17-9-18(14-26)11-19(10-17)15-26/h1-8,12,17-19H,9-11,13-16H2. The first kappa shape index (κ1) is 17.7. The molecule has 31 heavy (non-hydrogen) atoms. The van der Waals surface area contributed by atoms with Crippen LogP contribution in [0.25, 0.3) is 16.6 Å². The summed E-state index contributed by atoms with van der Waals surface area (Å²) in [5.74, 6) is 4.71. The third-order valence-corrected chi connectivity index (χ3v) is 8.00. The highest BCUT2D eigenvalue weighted by molar-refractivity contribution is 5.79. The van der Waals surface area contributed by atoms with Crippen molar-refractivity contribution in [2.45, 2.75) is 50.5 Å². The molecule has 4 fully saturated rings. The second-order valence-electron chi connectivity index (χ2n) is 10.1. The van der Waals surface area contributed by atoms with Gasteiger partial charge in [0.15, 0.2) is 5.65 Å². The van der Waals surface area contributed by atoms with Crippen LogP contribution in [-0.4, -0.2) is 19.6 Å². The molecule has 4 aliphatic carbocycles. The zero-order chi connectivity index (χ0) is 20.4. The first-order valence-corrected chi connectivity index (χ1v) is 11.6. The van der Waals surface area contributed by atoms with Crippen LogP contribution < -0.4 is 4.74 Å². The highest BCUT2D eigenvalue weighted by Crippen LogP contribution is 2.60. The maximum Gasteiger partial charge on any atom is 0.167 e. The van der Waals surface area contributed by atoms with Crippen molar-refractivity contribution in [3.8, 4) is 5.75 Å². The minimum atomic E-state index is 0.234. The van der Waals surface area contributed by atoms with Gasteiger partial charge in [0.25, 0.3) is 0 Å². The molecule has 0 aliphatic heterocycles. The van der Waals surface area contributed by atoms with Gasteiger partial charge >= 0.3 is 0 Å². The highest BCUT2D eigenvalue weighted by Gasteiger charge is 2.53. The van der Waals surface area contributed by atoms with Crippen molar-refractivity contribution >= 4 is 16.6 Å². The van der Waals surface area contributed by atoms with Crippen LogP contribution in [0.3, 0.4) is 0 Å². The molecule has 0 saturated heterocycles. The zero-order valence-electron chi connectivity index (χ0n) is 17.6. The molecule has 0 spiro atoms. The Labute approximate surface area is 181 Å². The van der Waals surface area contributed by atoms with Gasteiger partial charge in [0.05, 0.1) is 5.52 Å². The van der Waals surface area contributed by atoms with E-state index in [0.29, 0.717) is 6.61 Å². The maximum atomic E-state index is 6.15. The van der Waals surface area contributed by atoms with E-state index in [1.54, 1.807) is 0 Å². The quantitative estimate of drug-likeness (QED) is 0.457. The number of benzene rings is 1. The number of aromatic nitrogens is 4. The second-order valence-corrected chi connectivity index (χ2v) is 10.1. The van der Waals surface area contributed by atoms with Gasteiger partial charge in [-0.05, 0) is 80.5 Å². The molecule has 0 N–H and O–H groups in total. The number of fused-ring (bicyclic) bond motifs is 2. The van der Waals surface area contributed by atoms with Crippen LogP contribution in [0.15, 0.2) is 54.9 Å². The normalized spacial score (nSPS) is 29.1. The van der Waals surface area contributed by atoms with Crippen LogP contribution in [0.4, 0.5) is 0 Å². The minimum absolute atomic E-state index is 0.234. The summed E-state index contributed by atoms with van der Waals surface area (Å²) in [6.45, 7) is 0.474. The Bertz CT molecular complexity index is 1260. The van der Waals surface area contributed by atoms with Gasteiger partial charge in [0, 0.05) is 34.8 Å². The highest BCUT2D eigenvalue weighted by atomic mass is 16.5. The summed E-state index contributed by atoms with van der Waals surface area (Å²) in [6, 6.07) is 14.3. The molecule has 0 radical (unpaired) electrons. The molecule has 4 aliphatic rings. The van der Waals surface area contributed by atoms with Gasteiger partial charge in [-0.1, -0.05) is 12.1 Å². The number of ether oxygens (including phenoxy) is 1. The fourth-order valence-corrected chi connectivity index (χ4v) is 7.13. The zero-order valence-corrected chi connectivity index (χ0v) is 17.6. The van der Waals surface area contributed by atoms with Gasteiger partial charge < -0.3 is 4.74 Å². The van der Waals surface area contributed by atoms with Crippen LogP contribution in [0, 0.1) is 17.8 Å². The van der Waals surface area contributed by atoms with Gasteiger partial charge in [0.1, 0.15) is 18.2 Å². The summed E-state index contributed by atoms with van der Waals surface area (Å²) in [6.07, 6.45) is 12.2. The van der Waals surface area contributed by atoms with Crippen molar-refractivity contribution in [2.24, 2.45) is 17.8 Å². The van der Waals surface area contributed by atoms with E-state index in [9.17, 15) is 0 Å². The van der Waals surface area contributed by atoms with E-state index in [1.807, 2.05) is 24.4 Å². The lowest BCUT2D eigenvalue weighted by molar-refractivity contribution is -0.00984. The van der Waals surface area contributed by atoms with Crippen molar-refractivity contribution in [3.63, 3.8) is 0 Å². The van der Waals surface area contributed by atoms with Gasteiger partial charge in [-0.25, -0.2) is 0 Å². The summed E-state index contributed by atoms with van der Waals surface area (Å²) < 4.78 is 8.40. The summed E-state index contributed by atoms with van der Waals surface area (Å²) in [4.78, 5) is 4.43. The number of pyridine rings is 2. The molecule has 0 atom stereocenters. The fraction of sp³-hybridized carbons (Fsp3) is 0.423. The monoisotopic (exact) mass is 410 g/mol. The number of nitrogens with zero attached hydrogens (tertiary/aromatic N) is 4. The molecule has 4 saturated carbocycles. The van der Waals surface area contributed by atoms with E-state index in [1.165, 1.54) is 44.3 Å². The summed E-state index contributed by atoms with van der Waals surface area (Å²) >= 11 is 0. The average Bonchev–Trinajstić information content (AvgIpc) is 3.22. The van der Waals surface area contributed by atoms with E-state index < -0.39 is 0 Å². The number of rotatable bonds is 4. The van der Waals surface area contributed by atoms with Crippen molar-refractivity contribution in [1.29, 1.82) is 0 Å². The Morgan fingerprint density at radius 2 is 1.74 bits per heavy atom. The molecule has 8 rings (SSSR count). The van der Waals surface area contributed by atoms with Gasteiger partial charge in [0.2, 0.25) is 0 Å². The molecule has 0 amide bonds. The molecular weight excluding hydrogens is 384 g/mol. The van der Waals surface area contributed by atoms with Crippen molar-refractivity contribution < 1.29 is 4.74 Å². The molecule has 156 valence electrons. The Morgan fingerprint density at radius 1 is 0.935 bits per heavy atom. The Balaban J connectivity index is 1.20. The van der Waals surface area contributed by atoms with E-state index in [4.69, 9.17) is 9.84 Å². The third-order valence-electron chi connectivity index (χ3n) is 8.00. The van der Waals surface area contributed by atoms with E-state index >= 15 is 0 Å². The van der Waals surface area contributed by atoms with Crippen molar-refractivity contribution in [2.75, 3.05) is 0 Å². The van der Waals surface area contributed by atoms with Gasteiger partial charge in [-0.15, -0.1) is 10.2 Å². The van der Waals surface area contributed by atoms with Gasteiger partial charge in [-0.2, -0.15) is 0 Å². The van der Waals surface area contributed by atoms with Crippen molar-refractivity contribution in [3.05, 3.63) is 66.2 Å². The van der Waals surface area contributed by atoms with E-state index in [-0.39, 0.29) is 5.41 Å².